The van der Waals surface area contributed by atoms with Gasteiger partial charge in [-0.15, -0.1) is 11.3 Å². The molecule has 0 bridgehead atoms. The van der Waals surface area contributed by atoms with E-state index in [0.717, 1.165) is 32.5 Å². The van der Waals surface area contributed by atoms with Gasteiger partial charge < -0.3 is 9.47 Å². The molecule has 0 aliphatic heterocycles. The predicted molar refractivity (Wildman–Crippen MR) is 250 cm³/mol. The number of aromatic nitrogens is 1. The number of allylic oxidation sites excluding steroid dienone is 2. The molecule has 10 rings (SSSR count). The van der Waals surface area contributed by atoms with Crippen LogP contribution in [0, 0.1) is 0 Å². The fourth-order valence-corrected chi connectivity index (χ4v) is 9.27. The lowest BCUT2D eigenvalue weighted by molar-refractivity contribution is 1.16. The minimum absolute atomic E-state index is 1.05. The third kappa shape index (κ3) is 6.52. The lowest BCUT2D eigenvalue weighted by Crippen LogP contribution is -2.17. The second kappa shape index (κ2) is 15.0. The fraction of sp³-hybridized carbons (Fsp3) is 0.0182. The van der Waals surface area contributed by atoms with E-state index in [-0.39, 0.29) is 0 Å². The summed E-state index contributed by atoms with van der Waals surface area (Å²) in [6, 6.07) is 71.8. The largest absolute Gasteiger partial charge is 0.315 e. The number of hydrogen-bond acceptors (Lipinski definition) is 2. The summed E-state index contributed by atoms with van der Waals surface area (Å²) in [4.78, 5) is 2.33. The molecule has 2 heterocycles. The van der Waals surface area contributed by atoms with Crippen molar-refractivity contribution in [2.24, 2.45) is 0 Å². The molecule has 0 N–H and O–H groups in total. The number of hydrogen-bond donors (Lipinski definition) is 0. The van der Waals surface area contributed by atoms with Gasteiger partial charge in [-0.05, 0) is 118 Å². The Morgan fingerprint density at radius 2 is 0.983 bits per heavy atom. The maximum absolute atomic E-state index is 4.59. The Kier molecular flexibility index (Phi) is 9.14. The number of thiophene rings is 1. The smallest absolute Gasteiger partial charge is 0.0541 e. The Bertz CT molecular complexity index is 3130. The van der Waals surface area contributed by atoms with E-state index < -0.39 is 0 Å². The van der Waals surface area contributed by atoms with Gasteiger partial charge in [0.2, 0.25) is 0 Å². The standard InChI is InChI=1S/C55H40N2S/c1-38(56(46-28-23-43(24-29-46)40-14-6-3-7-15-40)47-30-25-44(26-31-47)41-16-8-4-9-17-41)22-35-54-39(2)49-33-32-48(37-55(49)58-54)57-52-21-13-12-20-50(52)51-36-45(27-34-53(51)57)42-18-10-5-11-19-42/h3-37H,2H2,1H3/b38-22+,54-35+. The van der Waals surface area contributed by atoms with Crippen LogP contribution < -0.4 is 14.7 Å². The molecule has 0 spiro atoms. The van der Waals surface area contributed by atoms with Crippen molar-refractivity contribution < 1.29 is 0 Å². The maximum atomic E-state index is 4.59. The second-order valence-electron chi connectivity index (χ2n) is 14.7. The zero-order chi connectivity index (χ0) is 39.0. The summed E-state index contributed by atoms with van der Waals surface area (Å²) >= 11 is 1.80. The normalized spacial score (nSPS) is 12.2. The van der Waals surface area contributed by atoms with E-state index >= 15 is 0 Å². The predicted octanol–water partition coefficient (Wildman–Crippen LogP) is 13.9. The van der Waals surface area contributed by atoms with Crippen LogP contribution >= 0.6 is 11.3 Å². The summed E-state index contributed by atoms with van der Waals surface area (Å²) in [5, 5.41) is 4.74. The maximum Gasteiger partial charge on any atom is 0.0541 e. The van der Waals surface area contributed by atoms with E-state index in [1.807, 2.05) is 0 Å². The van der Waals surface area contributed by atoms with Crippen molar-refractivity contribution in [3.05, 3.63) is 222 Å². The zero-order valence-electron chi connectivity index (χ0n) is 32.2. The highest BCUT2D eigenvalue weighted by Crippen LogP contribution is 2.36. The Balaban J connectivity index is 1.03. The monoisotopic (exact) mass is 760 g/mol. The van der Waals surface area contributed by atoms with Gasteiger partial charge in [-0.1, -0.05) is 152 Å². The molecular formula is C55H40N2S. The van der Waals surface area contributed by atoms with Crippen molar-refractivity contribution in [3.63, 3.8) is 0 Å². The molecule has 276 valence electrons. The van der Waals surface area contributed by atoms with Gasteiger partial charge in [0.15, 0.2) is 0 Å². The minimum atomic E-state index is 1.05. The van der Waals surface area contributed by atoms with Gasteiger partial charge in [-0.25, -0.2) is 0 Å². The Morgan fingerprint density at radius 3 is 1.59 bits per heavy atom. The van der Waals surface area contributed by atoms with Gasteiger partial charge in [0, 0.05) is 42.8 Å². The van der Waals surface area contributed by atoms with Crippen LogP contribution in [-0.4, -0.2) is 4.57 Å². The molecule has 0 aliphatic carbocycles. The highest BCUT2D eigenvalue weighted by atomic mass is 32.1. The summed E-state index contributed by atoms with van der Waals surface area (Å²) in [7, 11) is 0. The molecule has 0 atom stereocenters. The SMILES string of the molecule is C=c1/c(=C\C=C(/C)N(c2ccc(-c3ccccc3)cc2)c2ccc(-c3ccccc3)cc2)sc2cc(-n3c4ccccc4c4cc(-c5ccccc5)ccc43)ccc12. The lowest BCUT2D eigenvalue weighted by atomic mass is 10.0. The van der Waals surface area contributed by atoms with Crippen molar-refractivity contribution in [3.8, 4) is 39.1 Å². The van der Waals surface area contributed by atoms with Gasteiger partial charge in [0.05, 0.1) is 11.0 Å². The number of anilines is 2. The van der Waals surface area contributed by atoms with Crippen LogP contribution in [0.5, 0.6) is 0 Å². The summed E-state index contributed by atoms with van der Waals surface area (Å²) in [6.07, 6.45) is 4.46. The Hall–Kier alpha value is -7.20. The van der Waals surface area contributed by atoms with Gasteiger partial charge in [0.1, 0.15) is 0 Å². The molecule has 10 aromatic rings. The molecule has 0 unspecified atom stereocenters. The number of para-hydroxylation sites is 1. The number of rotatable bonds is 8. The van der Waals surface area contributed by atoms with Gasteiger partial charge >= 0.3 is 0 Å². The summed E-state index contributed by atoms with van der Waals surface area (Å²) in [5.74, 6) is 0. The van der Waals surface area contributed by atoms with E-state index in [2.05, 4.69) is 235 Å². The highest BCUT2D eigenvalue weighted by molar-refractivity contribution is 7.17. The molecule has 8 aromatic carbocycles. The summed E-state index contributed by atoms with van der Waals surface area (Å²) in [5.41, 5.74) is 14.1. The first-order valence-electron chi connectivity index (χ1n) is 19.7. The van der Waals surface area contributed by atoms with Crippen LogP contribution in [-0.2, 0) is 0 Å². The molecular weight excluding hydrogens is 721 g/mol. The molecule has 0 aliphatic rings. The van der Waals surface area contributed by atoms with E-state index in [1.165, 1.54) is 65.3 Å². The van der Waals surface area contributed by atoms with E-state index in [0.29, 0.717) is 0 Å². The summed E-state index contributed by atoms with van der Waals surface area (Å²) < 4.78 is 4.77. The van der Waals surface area contributed by atoms with Crippen LogP contribution in [0.25, 0.3) is 83.6 Å². The third-order valence-electron chi connectivity index (χ3n) is 11.1. The lowest BCUT2D eigenvalue weighted by Gasteiger charge is -2.26. The molecule has 0 fully saturated rings. The first kappa shape index (κ1) is 35.2. The quantitative estimate of drug-likeness (QED) is 0.150. The van der Waals surface area contributed by atoms with Crippen LogP contribution in [0.2, 0.25) is 0 Å². The molecule has 0 amide bonds. The van der Waals surface area contributed by atoms with E-state index in [4.69, 9.17) is 0 Å². The average Bonchev–Trinajstić information content (AvgIpc) is 3.80. The molecule has 2 aromatic heterocycles. The van der Waals surface area contributed by atoms with Crippen molar-refractivity contribution in [1.82, 2.24) is 4.57 Å². The zero-order valence-corrected chi connectivity index (χ0v) is 33.0. The van der Waals surface area contributed by atoms with Gasteiger partial charge in [-0.2, -0.15) is 0 Å². The fourth-order valence-electron chi connectivity index (χ4n) is 8.19. The van der Waals surface area contributed by atoms with Crippen LogP contribution in [0.3, 0.4) is 0 Å². The second-order valence-corrected chi connectivity index (χ2v) is 15.8. The van der Waals surface area contributed by atoms with Crippen molar-refractivity contribution in [2.45, 2.75) is 6.92 Å². The number of nitrogens with zero attached hydrogens (tertiary/aromatic N) is 2. The molecule has 0 saturated heterocycles. The summed E-state index contributed by atoms with van der Waals surface area (Å²) in [6.45, 7) is 6.77. The van der Waals surface area contributed by atoms with Crippen molar-refractivity contribution in [2.75, 3.05) is 4.90 Å². The molecule has 3 heteroatoms. The van der Waals surface area contributed by atoms with Crippen LogP contribution in [0.15, 0.2) is 212 Å². The third-order valence-corrected chi connectivity index (χ3v) is 12.3. The number of benzene rings is 8. The highest BCUT2D eigenvalue weighted by Gasteiger charge is 2.15. The Morgan fingerprint density at radius 1 is 0.483 bits per heavy atom. The van der Waals surface area contributed by atoms with Crippen molar-refractivity contribution >= 4 is 67.3 Å². The average molecular weight is 761 g/mol. The Labute approximate surface area is 342 Å². The van der Waals surface area contributed by atoms with Crippen LogP contribution in [0.1, 0.15) is 6.92 Å². The first-order chi connectivity index (χ1) is 28.6. The molecule has 58 heavy (non-hydrogen) atoms. The first-order valence-corrected chi connectivity index (χ1v) is 20.5. The van der Waals surface area contributed by atoms with Crippen molar-refractivity contribution in [1.29, 1.82) is 0 Å². The van der Waals surface area contributed by atoms with Gasteiger partial charge in [-0.3, -0.25) is 0 Å². The van der Waals surface area contributed by atoms with Gasteiger partial charge in [0.25, 0.3) is 0 Å². The topological polar surface area (TPSA) is 8.17 Å². The molecule has 2 nitrogen and oxygen atoms in total. The van der Waals surface area contributed by atoms with Crippen LogP contribution in [0.4, 0.5) is 11.4 Å². The minimum Gasteiger partial charge on any atom is -0.315 e. The number of fused-ring (bicyclic) bond motifs is 4. The van der Waals surface area contributed by atoms with E-state index in [1.54, 1.807) is 11.3 Å². The molecule has 0 saturated carbocycles. The molecule has 0 radical (unpaired) electrons. The van der Waals surface area contributed by atoms with E-state index in [9.17, 15) is 0 Å².